The van der Waals surface area contributed by atoms with Crippen LogP contribution in [-0.2, 0) is 9.53 Å². The molecule has 23 heavy (non-hydrogen) atoms. The summed E-state index contributed by atoms with van der Waals surface area (Å²) in [6, 6.07) is 0. The highest BCUT2D eigenvalue weighted by Gasteiger charge is 2.42. The maximum atomic E-state index is 12.9. The van der Waals surface area contributed by atoms with Crippen LogP contribution in [0.1, 0.15) is 88.5 Å². The SMILES string of the molecule is C[C@@H]1CC(C)(C)[C@@H](C)C[C@H]1OC(=O)C(CC(C)(C)C)C(C)(C)C. The Hall–Kier alpha value is -0.530. The van der Waals surface area contributed by atoms with Gasteiger partial charge in [-0.3, -0.25) is 4.79 Å². The van der Waals surface area contributed by atoms with E-state index < -0.39 is 0 Å². The molecule has 136 valence electrons. The maximum absolute atomic E-state index is 12.9. The highest BCUT2D eigenvalue weighted by Crippen LogP contribution is 2.45. The summed E-state index contributed by atoms with van der Waals surface area (Å²) in [6.45, 7) is 22.3. The van der Waals surface area contributed by atoms with Gasteiger partial charge in [0.25, 0.3) is 0 Å². The van der Waals surface area contributed by atoms with Gasteiger partial charge in [0.2, 0.25) is 0 Å². The molecular formula is C21H40O2. The summed E-state index contributed by atoms with van der Waals surface area (Å²) < 4.78 is 6.06. The van der Waals surface area contributed by atoms with Crippen LogP contribution in [0.4, 0.5) is 0 Å². The molecule has 0 aliphatic heterocycles. The van der Waals surface area contributed by atoms with E-state index in [1.807, 2.05) is 0 Å². The van der Waals surface area contributed by atoms with Crippen molar-refractivity contribution in [3.05, 3.63) is 0 Å². The Morgan fingerprint density at radius 1 is 1.13 bits per heavy atom. The topological polar surface area (TPSA) is 26.3 Å². The molecule has 1 rings (SSSR count). The quantitative estimate of drug-likeness (QED) is 0.587. The van der Waals surface area contributed by atoms with Crippen molar-refractivity contribution in [2.75, 3.05) is 0 Å². The van der Waals surface area contributed by atoms with Crippen molar-refractivity contribution in [1.29, 1.82) is 0 Å². The van der Waals surface area contributed by atoms with Gasteiger partial charge in [-0.05, 0) is 47.3 Å². The molecule has 0 aromatic heterocycles. The van der Waals surface area contributed by atoms with Crippen LogP contribution in [0.3, 0.4) is 0 Å². The van der Waals surface area contributed by atoms with Gasteiger partial charge in [-0.1, -0.05) is 69.2 Å². The zero-order valence-corrected chi connectivity index (χ0v) is 17.2. The van der Waals surface area contributed by atoms with Crippen LogP contribution in [0.25, 0.3) is 0 Å². The molecule has 1 saturated carbocycles. The van der Waals surface area contributed by atoms with Crippen molar-refractivity contribution >= 4 is 5.97 Å². The summed E-state index contributed by atoms with van der Waals surface area (Å²) in [5, 5.41) is 0. The lowest BCUT2D eigenvalue weighted by Crippen LogP contribution is -2.43. The molecule has 0 saturated heterocycles. The first-order chi connectivity index (χ1) is 10.1. The molecular weight excluding hydrogens is 284 g/mol. The summed E-state index contributed by atoms with van der Waals surface area (Å²) in [6.07, 6.45) is 3.07. The third-order valence-corrected chi connectivity index (χ3v) is 5.82. The molecule has 0 spiro atoms. The second-order valence-electron chi connectivity index (χ2n) is 11.0. The van der Waals surface area contributed by atoms with Crippen molar-refractivity contribution in [2.24, 2.45) is 34.0 Å². The summed E-state index contributed by atoms with van der Waals surface area (Å²) in [7, 11) is 0. The minimum atomic E-state index is -0.0623. The third-order valence-electron chi connectivity index (χ3n) is 5.82. The molecule has 0 aromatic rings. The van der Waals surface area contributed by atoms with Crippen molar-refractivity contribution in [1.82, 2.24) is 0 Å². The van der Waals surface area contributed by atoms with Crippen LogP contribution in [0.5, 0.6) is 0 Å². The van der Waals surface area contributed by atoms with E-state index in [9.17, 15) is 4.79 Å². The first kappa shape index (κ1) is 20.5. The van der Waals surface area contributed by atoms with Gasteiger partial charge in [0.15, 0.2) is 0 Å². The molecule has 0 radical (unpaired) electrons. The van der Waals surface area contributed by atoms with Crippen LogP contribution in [0.2, 0.25) is 0 Å². The highest BCUT2D eigenvalue weighted by atomic mass is 16.5. The Morgan fingerprint density at radius 2 is 1.65 bits per heavy atom. The fourth-order valence-corrected chi connectivity index (χ4v) is 3.81. The normalized spacial score (nSPS) is 29.9. The number of carbonyl (C=O) groups excluding carboxylic acids is 1. The summed E-state index contributed by atoms with van der Waals surface area (Å²) >= 11 is 0. The minimum absolute atomic E-state index is 0.0104. The molecule has 1 aliphatic rings. The lowest BCUT2D eigenvalue weighted by molar-refractivity contribution is -0.167. The van der Waals surface area contributed by atoms with Crippen LogP contribution in [-0.4, -0.2) is 12.1 Å². The van der Waals surface area contributed by atoms with Crippen LogP contribution in [0.15, 0.2) is 0 Å². The molecule has 1 aliphatic carbocycles. The smallest absolute Gasteiger partial charge is 0.309 e. The third kappa shape index (κ3) is 5.80. The Bertz CT molecular complexity index is 409. The molecule has 0 heterocycles. The zero-order chi connectivity index (χ0) is 18.2. The number of esters is 1. The van der Waals surface area contributed by atoms with E-state index in [4.69, 9.17) is 4.74 Å². The molecule has 2 nitrogen and oxygen atoms in total. The number of ether oxygens (including phenoxy) is 1. The average Bonchev–Trinajstić information content (AvgIpc) is 2.30. The second kappa shape index (κ2) is 6.76. The van der Waals surface area contributed by atoms with Gasteiger partial charge < -0.3 is 4.74 Å². The molecule has 4 atom stereocenters. The standard InChI is InChI=1S/C21H40O2/c1-14-12-21(9,10)15(2)11-17(14)23-18(22)16(20(6,7)8)13-19(3,4)5/h14-17H,11-13H2,1-10H3/t14-,15+,16?,17-/m1/s1. The first-order valence-electron chi connectivity index (χ1n) is 9.34. The summed E-state index contributed by atoms with van der Waals surface area (Å²) in [5.74, 6) is 1.00. The van der Waals surface area contributed by atoms with E-state index in [1.54, 1.807) is 0 Å². The number of hydrogen-bond acceptors (Lipinski definition) is 2. The lowest BCUT2D eigenvalue weighted by atomic mass is 9.65. The van der Waals surface area contributed by atoms with Gasteiger partial charge in [-0.15, -0.1) is 0 Å². The van der Waals surface area contributed by atoms with Crippen molar-refractivity contribution in [2.45, 2.75) is 94.6 Å². The van der Waals surface area contributed by atoms with Gasteiger partial charge in [0, 0.05) is 0 Å². The van der Waals surface area contributed by atoms with Crippen molar-refractivity contribution in [3.63, 3.8) is 0 Å². The average molecular weight is 325 g/mol. The largest absolute Gasteiger partial charge is 0.462 e. The fraction of sp³-hybridized carbons (Fsp3) is 0.952. The first-order valence-corrected chi connectivity index (χ1v) is 9.34. The van der Waals surface area contributed by atoms with Gasteiger partial charge in [0.1, 0.15) is 6.10 Å². The summed E-state index contributed by atoms with van der Waals surface area (Å²) in [5.41, 5.74) is 0.411. The van der Waals surface area contributed by atoms with Gasteiger partial charge in [-0.2, -0.15) is 0 Å². The van der Waals surface area contributed by atoms with E-state index in [0.717, 1.165) is 19.3 Å². The van der Waals surface area contributed by atoms with Crippen LogP contribution in [0, 0.1) is 34.0 Å². The van der Waals surface area contributed by atoms with E-state index >= 15 is 0 Å². The summed E-state index contributed by atoms with van der Waals surface area (Å²) in [4.78, 5) is 12.9. The van der Waals surface area contributed by atoms with E-state index in [-0.39, 0.29) is 28.8 Å². The molecule has 1 unspecified atom stereocenters. The number of hydrogen-bond donors (Lipinski definition) is 0. The molecule has 0 N–H and O–H groups in total. The molecule has 0 amide bonds. The van der Waals surface area contributed by atoms with Gasteiger partial charge in [-0.25, -0.2) is 0 Å². The Labute approximate surface area is 144 Å². The molecule has 0 bridgehead atoms. The highest BCUT2D eigenvalue weighted by molar-refractivity contribution is 5.73. The van der Waals surface area contributed by atoms with E-state index in [2.05, 4.69) is 69.2 Å². The zero-order valence-electron chi connectivity index (χ0n) is 17.2. The van der Waals surface area contributed by atoms with Crippen LogP contribution < -0.4 is 0 Å². The molecule has 2 heteroatoms. The van der Waals surface area contributed by atoms with Crippen molar-refractivity contribution < 1.29 is 9.53 Å². The minimum Gasteiger partial charge on any atom is -0.462 e. The molecule has 1 fully saturated rings. The fourth-order valence-electron chi connectivity index (χ4n) is 3.81. The van der Waals surface area contributed by atoms with Gasteiger partial charge in [0.05, 0.1) is 5.92 Å². The van der Waals surface area contributed by atoms with Gasteiger partial charge >= 0.3 is 5.97 Å². The van der Waals surface area contributed by atoms with Crippen molar-refractivity contribution in [3.8, 4) is 0 Å². The lowest BCUT2D eigenvalue weighted by Gasteiger charge is -2.44. The predicted molar refractivity (Wildman–Crippen MR) is 98.2 cm³/mol. The monoisotopic (exact) mass is 324 g/mol. The Balaban J connectivity index is 2.83. The molecule has 0 aromatic carbocycles. The van der Waals surface area contributed by atoms with E-state index in [0.29, 0.717) is 17.3 Å². The Kier molecular flexibility index (Phi) is 6.03. The van der Waals surface area contributed by atoms with E-state index in [1.165, 1.54) is 0 Å². The maximum Gasteiger partial charge on any atom is 0.309 e. The second-order valence-corrected chi connectivity index (χ2v) is 11.0. The number of carbonyl (C=O) groups is 1. The predicted octanol–water partition coefficient (Wildman–Crippen LogP) is 6.09. The number of rotatable bonds is 3. The Morgan fingerprint density at radius 3 is 2.09 bits per heavy atom. The van der Waals surface area contributed by atoms with Crippen LogP contribution >= 0.6 is 0 Å².